The number of rotatable bonds is 9. The van der Waals surface area contributed by atoms with Crippen LogP contribution in [0.4, 0.5) is 0 Å². The molecule has 5 heteroatoms. The van der Waals surface area contributed by atoms with Crippen molar-refractivity contribution in [1.82, 2.24) is 15.1 Å². The van der Waals surface area contributed by atoms with E-state index in [1.54, 1.807) is 14.0 Å². The predicted molar refractivity (Wildman–Crippen MR) is 77.5 cm³/mol. The van der Waals surface area contributed by atoms with Gasteiger partial charge in [0, 0.05) is 13.1 Å². The first-order valence-corrected chi connectivity index (χ1v) is 7.31. The summed E-state index contributed by atoms with van der Waals surface area (Å²) in [6.07, 6.45) is 4.23. The molecule has 1 atom stereocenters. The van der Waals surface area contributed by atoms with Gasteiger partial charge in [-0.1, -0.05) is 0 Å². The molecule has 0 spiro atoms. The Balaban J connectivity index is 2.15. The van der Waals surface area contributed by atoms with Gasteiger partial charge in [0.1, 0.15) is 5.54 Å². The molecular formula is C14H29N3O2. The lowest BCUT2D eigenvalue weighted by atomic mass is 9.96. The van der Waals surface area contributed by atoms with Crippen molar-refractivity contribution in [3.8, 4) is 0 Å². The number of carboxylic acid groups (broad SMARTS) is 1. The highest BCUT2D eigenvalue weighted by Gasteiger charge is 2.30. The Morgan fingerprint density at radius 3 is 2.53 bits per heavy atom. The monoisotopic (exact) mass is 271 g/mol. The summed E-state index contributed by atoms with van der Waals surface area (Å²) < 4.78 is 0. The molecule has 0 bridgehead atoms. The summed E-state index contributed by atoms with van der Waals surface area (Å²) >= 11 is 0. The zero-order chi connectivity index (χ0) is 14.3. The van der Waals surface area contributed by atoms with Crippen molar-refractivity contribution in [1.29, 1.82) is 0 Å². The zero-order valence-electron chi connectivity index (χ0n) is 12.6. The summed E-state index contributed by atoms with van der Waals surface area (Å²) in [5, 5.41) is 12.1. The molecule has 1 fully saturated rings. The number of nitrogens with one attached hydrogen (secondary N) is 1. The highest BCUT2D eigenvalue weighted by Crippen LogP contribution is 2.12. The molecule has 0 saturated carbocycles. The van der Waals surface area contributed by atoms with Crippen molar-refractivity contribution in [2.75, 3.05) is 46.8 Å². The van der Waals surface area contributed by atoms with Crippen LogP contribution < -0.4 is 5.32 Å². The molecule has 1 rings (SSSR count). The summed E-state index contributed by atoms with van der Waals surface area (Å²) in [6.45, 7) is 7.40. The number of likely N-dealkylation sites (N-methyl/N-ethyl adjacent to an activating group) is 2. The van der Waals surface area contributed by atoms with Crippen LogP contribution >= 0.6 is 0 Å². The van der Waals surface area contributed by atoms with Crippen molar-refractivity contribution in [2.45, 2.75) is 38.1 Å². The van der Waals surface area contributed by atoms with E-state index in [0.29, 0.717) is 6.42 Å². The third-order valence-corrected chi connectivity index (χ3v) is 4.24. The van der Waals surface area contributed by atoms with Gasteiger partial charge in [0.25, 0.3) is 0 Å². The molecule has 0 radical (unpaired) electrons. The third kappa shape index (κ3) is 5.47. The van der Waals surface area contributed by atoms with Crippen molar-refractivity contribution in [2.24, 2.45) is 0 Å². The van der Waals surface area contributed by atoms with Crippen LogP contribution in [0, 0.1) is 0 Å². The molecule has 1 aliphatic heterocycles. The first-order valence-electron chi connectivity index (χ1n) is 7.31. The van der Waals surface area contributed by atoms with Crippen LogP contribution in [0.15, 0.2) is 0 Å². The van der Waals surface area contributed by atoms with Gasteiger partial charge in [-0.25, -0.2) is 0 Å². The number of hydrogen-bond donors (Lipinski definition) is 2. The van der Waals surface area contributed by atoms with E-state index in [-0.39, 0.29) is 0 Å². The van der Waals surface area contributed by atoms with Gasteiger partial charge in [-0.3, -0.25) is 4.79 Å². The van der Waals surface area contributed by atoms with Gasteiger partial charge >= 0.3 is 5.97 Å². The Hall–Kier alpha value is -0.650. The number of carboxylic acids is 1. The number of likely N-dealkylation sites (tertiary alicyclic amines) is 1. The minimum atomic E-state index is -0.796. The first kappa shape index (κ1) is 16.4. The number of nitrogens with zero attached hydrogens (tertiary/aromatic N) is 2. The lowest BCUT2D eigenvalue weighted by molar-refractivity contribution is -0.144. The van der Waals surface area contributed by atoms with E-state index in [2.05, 4.69) is 22.2 Å². The van der Waals surface area contributed by atoms with E-state index in [1.807, 2.05) is 0 Å². The molecule has 1 heterocycles. The highest BCUT2D eigenvalue weighted by molar-refractivity contribution is 5.78. The van der Waals surface area contributed by atoms with Gasteiger partial charge in [0.05, 0.1) is 0 Å². The molecule has 0 aromatic rings. The zero-order valence-corrected chi connectivity index (χ0v) is 12.6. The second kappa shape index (κ2) is 7.82. The lowest BCUT2D eigenvalue weighted by Gasteiger charge is -2.26. The largest absolute Gasteiger partial charge is 0.480 e. The lowest BCUT2D eigenvalue weighted by Crippen LogP contribution is -2.47. The second-order valence-corrected chi connectivity index (χ2v) is 5.84. The molecule has 0 aromatic heterocycles. The second-order valence-electron chi connectivity index (χ2n) is 5.84. The Morgan fingerprint density at radius 1 is 1.37 bits per heavy atom. The maximum atomic E-state index is 11.1. The van der Waals surface area contributed by atoms with Gasteiger partial charge in [-0.15, -0.1) is 0 Å². The van der Waals surface area contributed by atoms with Gasteiger partial charge < -0.3 is 20.2 Å². The topological polar surface area (TPSA) is 55.8 Å². The van der Waals surface area contributed by atoms with Crippen molar-refractivity contribution in [3.63, 3.8) is 0 Å². The van der Waals surface area contributed by atoms with E-state index in [4.69, 9.17) is 5.11 Å². The van der Waals surface area contributed by atoms with Crippen LogP contribution in [0.25, 0.3) is 0 Å². The Morgan fingerprint density at radius 2 is 2.00 bits per heavy atom. The fraction of sp³-hybridized carbons (Fsp3) is 0.929. The predicted octanol–water partition coefficient (Wildman–Crippen LogP) is 0.857. The minimum Gasteiger partial charge on any atom is -0.480 e. The van der Waals surface area contributed by atoms with Crippen LogP contribution in [-0.2, 0) is 4.79 Å². The average molecular weight is 271 g/mol. The Bertz CT molecular complexity index is 280. The molecule has 112 valence electrons. The molecule has 0 amide bonds. The molecule has 2 N–H and O–H groups in total. The van der Waals surface area contributed by atoms with Crippen LogP contribution in [0.5, 0.6) is 0 Å². The molecule has 5 nitrogen and oxygen atoms in total. The molecule has 1 saturated heterocycles. The maximum Gasteiger partial charge on any atom is 0.323 e. The Labute approximate surface area is 117 Å². The first-order chi connectivity index (χ1) is 8.98. The Kier molecular flexibility index (Phi) is 6.75. The van der Waals surface area contributed by atoms with Gasteiger partial charge in [-0.2, -0.15) is 0 Å². The van der Waals surface area contributed by atoms with E-state index in [1.165, 1.54) is 25.9 Å². The van der Waals surface area contributed by atoms with E-state index in [9.17, 15) is 4.79 Å². The third-order valence-electron chi connectivity index (χ3n) is 4.24. The molecule has 0 aromatic carbocycles. The molecule has 0 aliphatic carbocycles. The minimum absolute atomic E-state index is 0.660. The van der Waals surface area contributed by atoms with Crippen LogP contribution in [0.1, 0.15) is 32.6 Å². The number of carbonyl (C=O) groups is 1. The number of hydrogen-bond acceptors (Lipinski definition) is 4. The standard InChI is InChI=1S/C14H29N3O2/c1-14(15-2,13(18)19)7-6-8-16(3)11-12-17-9-4-5-10-17/h15H,4-12H2,1-3H3,(H,18,19). The van der Waals surface area contributed by atoms with Gasteiger partial charge in [0.2, 0.25) is 0 Å². The van der Waals surface area contributed by atoms with Crippen LogP contribution in [0.2, 0.25) is 0 Å². The van der Waals surface area contributed by atoms with Crippen molar-refractivity contribution in [3.05, 3.63) is 0 Å². The highest BCUT2D eigenvalue weighted by atomic mass is 16.4. The average Bonchev–Trinajstić information content (AvgIpc) is 2.89. The van der Waals surface area contributed by atoms with Gasteiger partial charge in [0.15, 0.2) is 0 Å². The van der Waals surface area contributed by atoms with E-state index < -0.39 is 11.5 Å². The molecular weight excluding hydrogens is 242 g/mol. The summed E-state index contributed by atoms with van der Waals surface area (Å²) in [5.74, 6) is -0.769. The van der Waals surface area contributed by atoms with Crippen LogP contribution in [0.3, 0.4) is 0 Å². The van der Waals surface area contributed by atoms with E-state index >= 15 is 0 Å². The van der Waals surface area contributed by atoms with Crippen molar-refractivity contribution >= 4 is 5.97 Å². The smallest absolute Gasteiger partial charge is 0.323 e. The van der Waals surface area contributed by atoms with Crippen molar-refractivity contribution < 1.29 is 9.90 Å². The fourth-order valence-corrected chi connectivity index (χ4v) is 2.47. The molecule has 1 unspecified atom stereocenters. The normalized spacial score (nSPS) is 19.8. The summed E-state index contributed by atoms with van der Waals surface area (Å²) in [6, 6.07) is 0. The summed E-state index contributed by atoms with van der Waals surface area (Å²) in [5.41, 5.74) is -0.796. The SMILES string of the molecule is CNC(C)(CCCN(C)CCN1CCCC1)C(=O)O. The number of aliphatic carboxylic acids is 1. The van der Waals surface area contributed by atoms with Gasteiger partial charge in [-0.05, 0) is 66.3 Å². The summed E-state index contributed by atoms with van der Waals surface area (Å²) in [4.78, 5) is 16.0. The van der Waals surface area contributed by atoms with E-state index in [0.717, 1.165) is 26.1 Å². The van der Waals surface area contributed by atoms with Crippen LogP contribution in [-0.4, -0.2) is 73.2 Å². The maximum absolute atomic E-state index is 11.1. The molecule has 19 heavy (non-hydrogen) atoms. The molecule has 1 aliphatic rings. The quantitative estimate of drug-likeness (QED) is 0.651. The fourth-order valence-electron chi connectivity index (χ4n) is 2.47. The summed E-state index contributed by atoms with van der Waals surface area (Å²) in [7, 11) is 3.83.